The SMILES string of the molecule is CC(CO)NNCCCO. The Kier molecular flexibility index (Phi) is 6.84. The van der Waals surface area contributed by atoms with Gasteiger partial charge in [0.15, 0.2) is 0 Å². The molecule has 0 radical (unpaired) electrons. The summed E-state index contributed by atoms with van der Waals surface area (Å²) in [7, 11) is 0. The van der Waals surface area contributed by atoms with Crippen molar-refractivity contribution >= 4 is 0 Å². The number of nitrogens with one attached hydrogen (secondary N) is 2. The van der Waals surface area contributed by atoms with Crippen molar-refractivity contribution in [3.63, 3.8) is 0 Å². The van der Waals surface area contributed by atoms with E-state index in [1.807, 2.05) is 6.92 Å². The Bertz CT molecular complexity index is 70.8. The van der Waals surface area contributed by atoms with Gasteiger partial charge in [0.05, 0.1) is 6.61 Å². The van der Waals surface area contributed by atoms with Crippen molar-refractivity contribution in [2.24, 2.45) is 0 Å². The van der Waals surface area contributed by atoms with Gasteiger partial charge in [0.2, 0.25) is 0 Å². The summed E-state index contributed by atoms with van der Waals surface area (Å²) in [5.41, 5.74) is 5.72. The molecule has 62 valence electrons. The van der Waals surface area contributed by atoms with E-state index in [4.69, 9.17) is 10.2 Å². The smallest absolute Gasteiger partial charge is 0.0595 e. The van der Waals surface area contributed by atoms with Crippen LogP contribution in [0.2, 0.25) is 0 Å². The van der Waals surface area contributed by atoms with Gasteiger partial charge in [-0.15, -0.1) is 0 Å². The minimum absolute atomic E-state index is 0.0682. The number of aliphatic hydroxyl groups is 2. The molecule has 0 aliphatic heterocycles. The van der Waals surface area contributed by atoms with E-state index < -0.39 is 0 Å². The molecule has 0 rings (SSSR count). The van der Waals surface area contributed by atoms with E-state index in [2.05, 4.69) is 10.9 Å². The highest BCUT2D eigenvalue weighted by Crippen LogP contribution is 1.74. The molecule has 0 aromatic rings. The lowest BCUT2D eigenvalue weighted by molar-refractivity contribution is 0.233. The predicted molar refractivity (Wildman–Crippen MR) is 39.4 cm³/mol. The van der Waals surface area contributed by atoms with Gasteiger partial charge in [-0.25, -0.2) is 0 Å². The summed E-state index contributed by atoms with van der Waals surface area (Å²) in [6.07, 6.45) is 0.727. The van der Waals surface area contributed by atoms with Crippen LogP contribution in [-0.4, -0.2) is 36.0 Å². The molecule has 0 heterocycles. The van der Waals surface area contributed by atoms with Gasteiger partial charge in [-0.2, -0.15) is 0 Å². The van der Waals surface area contributed by atoms with Crippen LogP contribution in [0.3, 0.4) is 0 Å². The lowest BCUT2D eigenvalue weighted by Crippen LogP contribution is -2.41. The third kappa shape index (κ3) is 5.97. The summed E-state index contributed by atoms with van der Waals surface area (Å²) in [6, 6.07) is 0.0682. The second kappa shape index (κ2) is 6.95. The zero-order chi connectivity index (χ0) is 7.82. The van der Waals surface area contributed by atoms with Gasteiger partial charge in [0.1, 0.15) is 0 Å². The Morgan fingerprint density at radius 2 is 2.10 bits per heavy atom. The average molecular weight is 148 g/mol. The van der Waals surface area contributed by atoms with Crippen molar-refractivity contribution in [2.45, 2.75) is 19.4 Å². The van der Waals surface area contributed by atoms with Crippen LogP contribution in [0.5, 0.6) is 0 Å². The van der Waals surface area contributed by atoms with Crippen LogP contribution in [0.25, 0.3) is 0 Å². The van der Waals surface area contributed by atoms with Crippen molar-refractivity contribution in [2.75, 3.05) is 19.8 Å². The van der Waals surface area contributed by atoms with Crippen LogP contribution >= 0.6 is 0 Å². The van der Waals surface area contributed by atoms with Gasteiger partial charge < -0.3 is 10.2 Å². The molecule has 0 fully saturated rings. The first kappa shape index (κ1) is 9.84. The van der Waals surface area contributed by atoms with Crippen molar-refractivity contribution in [1.29, 1.82) is 0 Å². The Balaban J connectivity index is 2.89. The van der Waals surface area contributed by atoms with Gasteiger partial charge in [0.25, 0.3) is 0 Å². The molecule has 0 aromatic heterocycles. The Hall–Kier alpha value is -0.160. The third-order valence-electron chi connectivity index (χ3n) is 1.08. The van der Waals surface area contributed by atoms with Crippen molar-refractivity contribution in [3.8, 4) is 0 Å². The van der Waals surface area contributed by atoms with E-state index in [0.29, 0.717) is 0 Å². The summed E-state index contributed by atoms with van der Waals surface area (Å²) in [5.74, 6) is 0. The summed E-state index contributed by atoms with van der Waals surface area (Å²) < 4.78 is 0. The molecule has 4 N–H and O–H groups in total. The first-order valence-corrected chi connectivity index (χ1v) is 3.51. The molecule has 0 saturated carbocycles. The lowest BCUT2D eigenvalue weighted by Gasteiger charge is -2.10. The fourth-order valence-corrected chi connectivity index (χ4v) is 0.459. The van der Waals surface area contributed by atoms with Crippen LogP contribution in [0, 0.1) is 0 Å². The minimum atomic E-state index is 0.0682. The zero-order valence-corrected chi connectivity index (χ0v) is 6.30. The molecule has 4 heteroatoms. The molecule has 1 unspecified atom stereocenters. The van der Waals surface area contributed by atoms with E-state index in [1.165, 1.54) is 0 Å². The summed E-state index contributed by atoms with van der Waals surface area (Å²) in [6.45, 7) is 2.90. The summed E-state index contributed by atoms with van der Waals surface area (Å²) in [5, 5.41) is 16.9. The maximum Gasteiger partial charge on any atom is 0.0595 e. The first-order valence-electron chi connectivity index (χ1n) is 3.51. The zero-order valence-electron chi connectivity index (χ0n) is 6.30. The second-order valence-corrected chi connectivity index (χ2v) is 2.23. The van der Waals surface area contributed by atoms with Crippen LogP contribution in [-0.2, 0) is 0 Å². The molecule has 0 aliphatic rings. The summed E-state index contributed by atoms with van der Waals surface area (Å²) >= 11 is 0. The fourth-order valence-electron chi connectivity index (χ4n) is 0.459. The van der Waals surface area contributed by atoms with Gasteiger partial charge >= 0.3 is 0 Å². The summed E-state index contributed by atoms with van der Waals surface area (Å²) in [4.78, 5) is 0. The van der Waals surface area contributed by atoms with Crippen LogP contribution in [0.15, 0.2) is 0 Å². The maximum absolute atomic E-state index is 8.54. The molecular formula is C6H16N2O2. The standard InChI is InChI=1S/C6H16N2O2/c1-6(5-10)8-7-3-2-4-9/h6-10H,2-5H2,1H3. The number of rotatable bonds is 6. The van der Waals surface area contributed by atoms with Crippen molar-refractivity contribution < 1.29 is 10.2 Å². The highest BCUT2D eigenvalue weighted by molar-refractivity contribution is 4.52. The number of hydrazine groups is 1. The van der Waals surface area contributed by atoms with E-state index >= 15 is 0 Å². The van der Waals surface area contributed by atoms with Gasteiger partial charge in [-0.05, 0) is 13.3 Å². The third-order valence-corrected chi connectivity index (χ3v) is 1.08. The Labute approximate surface area is 61.2 Å². The molecule has 0 aromatic carbocycles. The molecular weight excluding hydrogens is 132 g/mol. The molecule has 4 nitrogen and oxygen atoms in total. The predicted octanol–water partition coefficient (Wildman–Crippen LogP) is -1.16. The molecule has 0 saturated heterocycles. The second-order valence-electron chi connectivity index (χ2n) is 2.23. The fraction of sp³-hybridized carbons (Fsp3) is 1.00. The quantitative estimate of drug-likeness (QED) is 0.283. The largest absolute Gasteiger partial charge is 0.396 e. The lowest BCUT2D eigenvalue weighted by atomic mass is 10.4. The number of aliphatic hydroxyl groups excluding tert-OH is 2. The van der Waals surface area contributed by atoms with E-state index in [0.717, 1.165) is 13.0 Å². The average Bonchev–Trinajstić information content (AvgIpc) is 1.98. The van der Waals surface area contributed by atoms with Crippen LogP contribution in [0.1, 0.15) is 13.3 Å². The Morgan fingerprint density at radius 3 is 2.60 bits per heavy atom. The monoisotopic (exact) mass is 148 g/mol. The molecule has 0 amide bonds. The normalized spacial score (nSPS) is 13.5. The van der Waals surface area contributed by atoms with Gasteiger partial charge in [-0.3, -0.25) is 10.9 Å². The van der Waals surface area contributed by atoms with Crippen molar-refractivity contribution in [1.82, 2.24) is 10.9 Å². The number of hydrogen-bond donors (Lipinski definition) is 4. The molecule has 10 heavy (non-hydrogen) atoms. The van der Waals surface area contributed by atoms with E-state index in [9.17, 15) is 0 Å². The minimum Gasteiger partial charge on any atom is -0.396 e. The Morgan fingerprint density at radius 1 is 1.40 bits per heavy atom. The van der Waals surface area contributed by atoms with Gasteiger partial charge in [-0.1, -0.05) is 0 Å². The van der Waals surface area contributed by atoms with E-state index in [1.54, 1.807) is 0 Å². The molecule has 0 bridgehead atoms. The topological polar surface area (TPSA) is 64.5 Å². The molecule has 0 spiro atoms. The highest BCUT2D eigenvalue weighted by atomic mass is 16.3. The highest BCUT2D eigenvalue weighted by Gasteiger charge is 1.94. The molecule has 1 atom stereocenters. The van der Waals surface area contributed by atoms with Crippen LogP contribution in [0.4, 0.5) is 0 Å². The first-order chi connectivity index (χ1) is 4.81. The van der Waals surface area contributed by atoms with Gasteiger partial charge in [0, 0.05) is 19.2 Å². The molecule has 0 aliphatic carbocycles. The van der Waals surface area contributed by atoms with Crippen molar-refractivity contribution in [3.05, 3.63) is 0 Å². The maximum atomic E-state index is 8.54. The number of hydrogen-bond acceptors (Lipinski definition) is 4. The van der Waals surface area contributed by atoms with Crippen LogP contribution < -0.4 is 10.9 Å². The van der Waals surface area contributed by atoms with E-state index in [-0.39, 0.29) is 19.3 Å².